The van der Waals surface area contributed by atoms with Gasteiger partial charge in [0, 0.05) is 18.9 Å². The number of carbonyl (C=O) groups is 1. The molecule has 6 heteroatoms. The lowest BCUT2D eigenvalue weighted by molar-refractivity contribution is -0.120. The average molecular weight is 321 g/mol. The van der Waals surface area contributed by atoms with Gasteiger partial charge in [-0.25, -0.2) is 0 Å². The number of nitrogens with zero attached hydrogens (tertiary/aromatic N) is 4. The number of aryl methyl sites for hydroxylation is 2. The summed E-state index contributed by atoms with van der Waals surface area (Å²) in [7, 11) is 0. The molecule has 122 valence electrons. The number of rotatable bonds is 7. The molecule has 6 nitrogen and oxygen atoms in total. The lowest BCUT2D eigenvalue weighted by atomic mass is 10.1. The van der Waals surface area contributed by atoms with E-state index in [9.17, 15) is 4.79 Å². The number of carbonyl (C=O) groups excluding carboxylic acids is 1. The van der Waals surface area contributed by atoms with Crippen LogP contribution in [-0.2, 0) is 30.7 Å². The van der Waals surface area contributed by atoms with Crippen molar-refractivity contribution < 1.29 is 4.79 Å². The quantitative estimate of drug-likeness (QED) is 0.720. The number of amides is 1. The Kier molecular flexibility index (Phi) is 5.29. The van der Waals surface area contributed by atoms with Crippen molar-refractivity contribution in [3.05, 3.63) is 78.1 Å². The molecule has 3 rings (SSSR count). The van der Waals surface area contributed by atoms with E-state index in [0.717, 1.165) is 24.4 Å². The monoisotopic (exact) mass is 321 g/mol. The van der Waals surface area contributed by atoms with Gasteiger partial charge < -0.3 is 9.88 Å². The molecule has 0 radical (unpaired) electrons. The number of aromatic nitrogens is 4. The number of nitrogens with one attached hydrogen (secondary N) is 1. The van der Waals surface area contributed by atoms with Crippen LogP contribution < -0.4 is 5.32 Å². The third-order valence-corrected chi connectivity index (χ3v) is 3.71. The third-order valence-electron chi connectivity index (χ3n) is 3.71. The summed E-state index contributed by atoms with van der Waals surface area (Å²) in [4.78, 5) is 16.0. The van der Waals surface area contributed by atoms with Gasteiger partial charge in [0.1, 0.15) is 6.33 Å². The molecule has 0 unspecified atom stereocenters. The SMILES string of the molecule is O=C(Cc1cccnc1)NCc1nncn1CCc1ccccc1. The van der Waals surface area contributed by atoms with Gasteiger partial charge in [0.05, 0.1) is 13.0 Å². The van der Waals surface area contributed by atoms with E-state index in [-0.39, 0.29) is 5.91 Å². The van der Waals surface area contributed by atoms with Gasteiger partial charge in [-0.15, -0.1) is 10.2 Å². The zero-order valence-corrected chi connectivity index (χ0v) is 13.3. The Morgan fingerprint density at radius 2 is 1.92 bits per heavy atom. The van der Waals surface area contributed by atoms with Crippen molar-refractivity contribution in [3.8, 4) is 0 Å². The highest BCUT2D eigenvalue weighted by Crippen LogP contribution is 2.04. The molecule has 0 aliphatic carbocycles. The van der Waals surface area contributed by atoms with Crippen molar-refractivity contribution >= 4 is 5.91 Å². The van der Waals surface area contributed by atoms with Gasteiger partial charge in [-0.3, -0.25) is 9.78 Å². The smallest absolute Gasteiger partial charge is 0.224 e. The maximum atomic E-state index is 12.0. The van der Waals surface area contributed by atoms with Crippen molar-refractivity contribution in [1.29, 1.82) is 0 Å². The van der Waals surface area contributed by atoms with E-state index in [1.165, 1.54) is 5.56 Å². The molecule has 0 aliphatic rings. The van der Waals surface area contributed by atoms with Crippen molar-refractivity contribution in [2.24, 2.45) is 0 Å². The normalized spacial score (nSPS) is 10.5. The van der Waals surface area contributed by atoms with Crippen LogP contribution in [0.25, 0.3) is 0 Å². The second-order valence-corrected chi connectivity index (χ2v) is 5.49. The maximum Gasteiger partial charge on any atom is 0.224 e. The molecule has 0 bridgehead atoms. The molecule has 24 heavy (non-hydrogen) atoms. The van der Waals surface area contributed by atoms with Crippen LogP contribution in [0.5, 0.6) is 0 Å². The zero-order valence-electron chi connectivity index (χ0n) is 13.3. The first-order valence-electron chi connectivity index (χ1n) is 7.87. The minimum Gasteiger partial charge on any atom is -0.349 e. The Balaban J connectivity index is 1.51. The number of pyridine rings is 1. The van der Waals surface area contributed by atoms with E-state index in [1.807, 2.05) is 34.9 Å². The van der Waals surface area contributed by atoms with Gasteiger partial charge in [0.15, 0.2) is 5.82 Å². The average Bonchev–Trinajstić information content (AvgIpc) is 3.07. The van der Waals surface area contributed by atoms with Crippen LogP contribution in [0.1, 0.15) is 17.0 Å². The maximum absolute atomic E-state index is 12.0. The molecule has 0 fully saturated rings. The first-order chi connectivity index (χ1) is 11.8. The van der Waals surface area contributed by atoms with Crippen LogP contribution in [0.3, 0.4) is 0 Å². The Morgan fingerprint density at radius 1 is 1.08 bits per heavy atom. The summed E-state index contributed by atoms with van der Waals surface area (Å²) in [6.07, 6.45) is 6.30. The highest BCUT2D eigenvalue weighted by Gasteiger charge is 2.08. The molecule has 0 atom stereocenters. The molecule has 1 aromatic carbocycles. The second kappa shape index (κ2) is 8.01. The fourth-order valence-corrected chi connectivity index (χ4v) is 2.43. The van der Waals surface area contributed by atoms with E-state index < -0.39 is 0 Å². The highest BCUT2D eigenvalue weighted by molar-refractivity contribution is 5.78. The Morgan fingerprint density at radius 3 is 2.71 bits per heavy atom. The molecule has 3 aromatic rings. The number of hydrogen-bond donors (Lipinski definition) is 1. The summed E-state index contributed by atoms with van der Waals surface area (Å²) < 4.78 is 1.97. The molecule has 0 aliphatic heterocycles. The molecule has 0 saturated carbocycles. The summed E-state index contributed by atoms with van der Waals surface area (Å²) in [5, 5.41) is 10.9. The summed E-state index contributed by atoms with van der Waals surface area (Å²) in [6.45, 7) is 1.15. The van der Waals surface area contributed by atoms with Gasteiger partial charge in [-0.05, 0) is 23.6 Å². The van der Waals surface area contributed by atoms with Crippen LogP contribution in [0, 0.1) is 0 Å². The lowest BCUT2D eigenvalue weighted by Gasteiger charge is -2.08. The van der Waals surface area contributed by atoms with Gasteiger partial charge in [-0.2, -0.15) is 0 Å². The number of hydrogen-bond acceptors (Lipinski definition) is 4. The molecule has 1 N–H and O–H groups in total. The molecule has 2 aromatic heterocycles. The van der Waals surface area contributed by atoms with Crippen molar-refractivity contribution in [2.75, 3.05) is 0 Å². The van der Waals surface area contributed by atoms with E-state index in [2.05, 4.69) is 32.6 Å². The first-order valence-corrected chi connectivity index (χ1v) is 7.87. The molecular formula is C18H19N5O. The van der Waals surface area contributed by atoms with Gasteiger partial charge in [-0.1, -0.05) is 36.4 Å². The summed E-state index contributed by atoms with van der Waals surface area (Å²) in [5.74, 6) is 0.700. The van der Waals surface area contributed by atoms with Gasteiger partial charge >= 0.3 is 0 Å². The first kappa shape index (κ1) is 15.9. The van der Waals surface area contributed by atoms with Gasteiger partial charge in [0.2, 0.25) is 5.91 Å². The van der Waals surface area contributed by atoms with E-state index in [4.69, 9.17) is 0 Å². The van der Waals surface area contributed by atoms with E-state index in [1.54, 1.807) is 18.7 Å². The van der Waals surface area contributed by atoms with E-state index >= 15 is 0 Å². The van der Waals surface area contributed by atoms with Crippen LogP contribution >= 0.6 is 0 Å². The Bertz CT molecular complexity index is 770. The standard InChI is InChI=1S/C18H19N5O/c24-18(11-16-7-4-9-19-12-16)20-13-17-22-21-14-23(17)10-8-15-5-2-1-3-6-15/h1-7,9,12,14H,8,10-11,13H2,(H,20,24). The van der Waals surface area contributed by atoms with Crippen molar-refractivity contribution in [1.82, 2.24) is 25.1 Å². The minimum atomic E-state index is -0.0550. The van der Waals surface area contributed by atoms with Crippen LogP contribution in [0.4, 0.5) is 0 Å². The third kappa shape index (κ3) is 4.49. The molecule has 0 saturated heterocycles. The Labute approximate surface area is 140 Å². The topological polar surface area (TPSA) is 72.7 Å². The predicted octanol–water partition coefficient (Wildman–Crippen LogP) is 1.77. The van der Waals surface area contributed by atoms with E-state index in [0.29, 0.717) is 13.0 Å². The molecule has 1 amide bonds. The predicted molar refractivity (Wildman–Crippen MR) is 90.0 cm³/mol. The summed E-state index contributed by atoms with van der Waals surface area (Å²) in [5.41, 5.74) is 2.15. The van der Waals surface area contributed by atoms with Crippen LogP contribution in [0.15, 0.2) is 61.2 Å². The molecule has 2 heterocycles. The van der Waals surface area contributed by atoms with Crippen molar-refractivity contribution in [3.63, 3.8) is 0 Å². The molecule has 0 spiro atoms. The zero-order chi connectivity index (χ0) is 16.6. The van der Waals surface area contributed by atoms with Crippen molar-refractivity contribution in [2.45, 2.75) is 25.9 Å². The lowest BCUT2D eigenvalue weighted by Crippen LogP contribution is -2.26. The highest BCUT2D eigenvalue weighted by atomic mass is 16.1. The fourth-order valence-electron chi connectivity index (χ4n) is 2.43. The minimum absolute atomic E-state index is 0.0550. The van der Waals surface area contributed by atoms with Crippen LogP contribution in [0.2, 0.25) is 0 Å². The number of benzene rings is 1. The second-order valence-electron chi connectivity index (χ2n) is 5.49. The molecular weight excluding hydrogens is 302 g/mol. The van der Waals surface area contributed by atoms with Gasteiger partial charge in [0.25, 0.3) is 0 Å². The fraction of sp³-hybridized carbons (Fsp3) is 0.222. The summed E-state index contributed by atoms with van der Waals surface area (Å²) >= 11 is 0. The largest absolute Gasteiger partial charge is 0.349 e. The Hall–Kier alpha value is -3.02. The summed E-state index contributed by atoms with van der Waals surface area (Å²) in [6, 6.07) is 14.0. The van der Waals surface area contributed by atoms with Crippen LogP contribution in [-0.4, -0.2) is 25.7 Å².